The van der Waals surface area contributed by atoms with E-state index < -0.39 is 0 Å². The van der Waals surface area contributed by atoms with Gasteiger partial charge in [-0.2, -0.15) is 0 Å². The van der Waals surface area contributed by atoms with Crippen molar-refractivity contribution in [1.29, 1.82) is 0 Å². The second-order valence-corrected chi connectivity index (χ2v) is 8.85. The lowest BCUT2D eigenvalue weighted by atomic mass is 10.0. The Hall–Kier alpha value is -3.01. The highest BCUT2D eigenvalue weighted by atomic mass is 16.5. The molecular weight excluding hydrogens is 408 g/mol. The van der Waals surface area contributed by atoms with Crippen LogP contribution in [0.15, 0.2) is 60.9 Å². The van der Waals surface area contributed by atoms with Crippen molar-refractivity contribution in [3.05, 3.63) is 66.5 Å². The molecule has 0 bridgehead atoms. The van der Waals surface area contributed by atoms with E-state index in [1.54, 1.807) is 0 Å². The first-order valence-corrected chi connectivity index (χ1v) is 12.3. The summed E-state index contributed by atoms with van der Waals surface area (Å²) in [5, 5.41) is 0. The van der Waals surface area contributed by atoms with E-state index in [2.05, 4.69) is 55.0 Å². The Bertz CT molecular complexity index is 980. The molecule has 0 aliphatic heterocycles. The second-order valence-electron chi connectivity index (χ2n) is 8.85. The molecule has 1 unspecified atom stereocenters. The molecule has 1 aromatic heterocycles. The highest BCUT2D eigenvalue weighted by Gasteiger charge is 2.09. The van der Waals surface area contributed by atoms with Crippen molar-refractivity contribution in [2.24, 2.45) is 5.92 Å². The van der Waals surface area contributed by atoms with Gasteiger partial charge in [-0.05, 0) is 48.4 Å². The molecule has 0 aliphatic rings. The van der Waals surface area contributed by atoms with Crippen LogP contribution >= 0.6 is 0 Å². The van der Waals surface area contributed by atoms with Gasteiger partial charge in [0.25, 0.3) is 0 Å². The lowest BCUT2D eigenvalue weighted by Crippen LogP contribution is -2.09. The number of hydrogen-bond donors (Lipinski definition) is 0. The molecule has 33 heavy (non-hydrogen) atoms. The van der Waals surface area contributed by atoms with Gasteiger partial charge < -0.3 is 4.74 Å². The minimum atomic E-state index is -0.178. The zero-order valence-electron chi connectivity index (χ0n) is 20.2. The predicted molar refractivity (Wildman–Crippen MR) is 135 cm³/mol. The standard InChI is InChI=1S/C29H36N2O2/c1-4-6-7-8-9-23-11-13-25(14-12-23)29-30-20-26(21-31-29)24-15-17-27(18-16-24)33-28(32)19-10-22(3)5-2/h11-18,20-22H,4-10,19H2,1-3H3. The number of carbonyl (C=O) groups is 1. The summed E-state index contributed by atoms with van der Waals surface area (Å²) in [6.45, 7) is 6.53. The Morgan fingerprint density at radius 3 is 2.15 bits per heavy atom. The minimum absolute atomic E-state index is 0.178. The molecule has 0 aliphatic carbocycles. The Balaban J connectivity index is 1.56. The molecule has 0 saturated carbocycles. The number of nitrogens with zero attached hydrogens (tertiary/aromatic N) is 2. The van der Waals surface area contributed by atoms with E-state index in [1.165, 1.54) is 31.2 Å². The third-order valence-electron chi connectivity index (χ3n) is 6.14. The fraction of sp³-hybridized carbons (Fsp3) is 0.414. The number of aryl methyl sites for hydroxylation is 1. The van der Waals surface area contributed by atoms with Gasteiger partial charge in [0.1, 0.15) is 5.75 Å². The van der Waals surface area contributed by atoms with Crippen molar-refractivity contribution in [3.8, 4) is 28.3 Å². The van der Waals surface area contributed by atoms with Crippen molar-refractivity contribution >= 4 is 5.97 Å². The first-order valence-electron chi connectivity index (χ1n) is 12.3. The molecule has 174 valence electrons. The van der Waals surface area contributed by atoms with E-state index >= 15 is 0 Å². The first-order chi connectivity index (χ1) is 16.1. The number of esters is 1. The van der Waals surface area contributed by atoms with Gasteiger partial charge in [-0.15, -0.1) is 0 Å². The summed E-state index contributed by atoms with van der Waals surface area (Å²) in [6.07, 6.45) is 12.3. The number of unbranched alkanes of at least 4 members (excludes halogenated alkanes) is 3. The van der Waals surface area contributed by atoms with Crippen LogP contribution in [0.2, 0.25) is 0 Å². The van der Waals surface area contributed by atoms with Gasteiger partial charge in [-0.25, -0.2) is 9.97 Å². The number of rotatable bonds is 12. The average molecular weight is 445 g/mol. The Labute approximate surface area is 198 Å². The lowest BCUT2D eigenvalue weighted by molar-refractivity contribution is -0.134. The molecule has 0 radical (unpaired) electrons. The molecule has 1 heterocycles. The van der Waals surface area contributed by atoms with Gasteiger partial charge >= 0.3 is 5.97 Å². The highest BCUT2D eigenvalue weighted by molar-refractivity contribution is 5.73. The summed E-state index contributed by atoms with van der Waals surface area (Å²) >= 11 is 0. The largest absolute Gasteiger partial charge is 0.427 e. The maximum Gasteiger partial charge on any atom is 0.311 e. The number of carbonyl (C=O) groups excluding carboxylic acids is 1. The summed E-state index contributed by atoms with van der Waals surface area (Å²) in [7, 11) is 0. The second kappa shape index (κ2) is 12.9. The topological polar surface area (TPSA) is 52.1 Å². The summed E-state index contributed by atoms with van der Waals surface area (Å²) in [6, 6.07) is 16.1. The molecule has 0 saturated heterocycles. The van der Waals surface area contributed by atoms with Crippen LogP contribution in [0, 0.1) is 5.92 Å². The quantitative estimate of drug-likeness (QED) is 0.163. The summed E-state index contributed by atoms with van der Waals surface area (Å²) in [5.41, 5.74) is 4.31. The van der Waals surface area contributed by atoms with Crippen molar-refractivity contribution < 1.29 is 9.53 Å². The van der Waals surface area contributed by atoms with E-state index in [1.807, 2.05) is 36.7 Å². The first kappa shape index (κ1) is 24.6. The number of aromatic nitrogens is 2. The van der Waals surface area contributed by atoms with E-state index in [4.69, 9.17) is 4.74 Å². The maximum absolute atomic E-state index is 12.0. The van der Waals surface area contributed by atoms with Crippen LogP contribution in [0.1, 0.15) is 71.3 Å². The number of hydrogen-bond acceptors (Lipinski definition) is 4. The molecule has 0 amide bonds. The van der Waals surface area contributed by atoms with Crippen LogP contribution in [0.3, 0.4) is 0 Å². The normalized spacial score (nSPS) is 11.8. The summed E-state index contributed by atoms with van der Waals surface area (Å²) < 4.78 is 5.45. The fourth-order valence-corrected chi connectivity index (χ4v) is 3.67. The Morgan fingerprint density at radius 2 is 1.52 bits per heavy atom. The van der Waals surface area contributed by atoms with Gasteiger partial charge in [0.15, 0.2) is 5.82 Å². The molecular formula is C29H36N2O2. The molecule has 4 heteroatoms. The van der Waals surface area contributed by atoms with Crippen molar-refractivity contribution in [2.45, 2.75) is 72.1 Å². The van der Waals surface area contributed by atoms with E-state index in [9.17, 15) is 4.79 Å². The molecule has 3 rings (SSSR count). The van der Waals surface area contributed by atoms with Crippen LogP contribution in [0.25, 0.3) is 22.5 Å². The lowest BCUT2D eigenvalue weighted by Gasteiger charge is -2.09. The molecule has 4 nitrogen and oxygen atoms in total. The molecule has 0 spiro atoms. The van der Waals surface area contributed by atoms with Crippen LogP contribution < -0.4 is 4.74 Å². The van der Waals surface area contributed by atoms with Gasteiger partial charge in [-0.1, -0.05) is 82.9 Å². The predicted octanol–water partition coefficient (Wildman–Crippen LogP) is 7.67. The minimum Gasteiger partial charge on any atom is -0.427 e. The smallest absolute Gasteiger partial charge is 0.311 e. The third-order valence-corrected chi connectivity index (χ3v) is 6.14. The monoisotopic (exact) mass is 444 g/mol. The fourth-order valence-electron chi connectivity index (χ4n) is 3.67. The van der Waals surface area contributed by atoms with Crippen LogP contribution in [-0.2, 0) is 11.2 Å². The maximum atomic E-state index is 12.0. The van der Waals surface area contributed by atoms with E-state index in [0.29, 0.717) is 18.1 Å². The van der Waals surface area contributed by atoms with Gasteiger partial charge in [-0.3, -0.25) is 4.79 Å². The molecule has 2 aromatic carbocycles. The van der Waals surface area contributed by atoms with Gasteiger partial charge in [0, 0.05) is 29.9 Å². The Kier molecular flexibility index (Phi) is 9.61. The average Bonchev–Trinajstić information content (AvgIpc) is 2.86. The number of ether oxygens (including phenoxy) is 1. The summed E-state index contributed by atoms with van der Waals surface area (Å²) in [4.78, 5) is 21.1. The molecule has 0 fully saturated rings. The SMILES string of the molecule is CCCCCCc1ccc(-c2ncc(-c3ccc(OC(=O)CCC(C)CC)cc3)cn2)cc1. The Morgan fingerprint density at radius 1 is 0.848 bits per heavy atom. The van der Waals surface area contributed by atoms with Crippen LogP contribution in [-0.4, -0.2) is 15.9 Å². The van der Waals surface area contributed by atoms with Gasteiger partial charge in [0.05, 0.1) is 0 Å². The highest BCUT2D eigenvalue weighted by Crippen LogP contribution is 2.24. The van der Waals surface area contributed by atoms with E-state index in [-0.39, 0.29) is 5.97 Å². The summed E-state index contributed by atoms with van der Waals surface area (Å²) in [5.74, 6) is 1.66. The molecule has 3 aromatic rings. The van der Waals surface area contributed by atoms with Gasteiger partial charge in [0.2, 0.25) is 0 Å². The zero-order chi connectivity index (χ0) is 23.5. The van der Waals surface area contributed by atoms with Crippen molar-refractivity contribution in [1.82, 2.24) is 9.97 Å². The van der Waals surface area contributed by atoms with Crippen LogP contribution in [0.4, 0.5) is 0 Å². The third kappa shape index (κ3) is 7.81. The molecule has 0 N–H and O–H groups in total. The van der Waals surface area contributed by atoms with Crippen molar-refractivity contribution in [3.63, 3.8) is 0 Å². The van der Waals surface area contributed by atoms with Crippen LogP contribution in [0.5, 0.6) is 5.75 Å². The number of benzene rings is 2. The molecule has 1 atom stereocenters. The zero-order valence-corrected chi connectivity index (χ0v) is 20.2. The van der Waals surface area contributed by atoms with Crippen molar-refractivity contribution in [2.75, 3.05) is 0 Å². The van der Waals surface area contributed by atoms with E-state index in [0.717, 1.165) is 41.8 Å².